The van der Waals surface area contributed by atoms with Crippen LogP contribution in [0.15, 0.2) is 72.9 Å². The monoisotopic (exact) mass is 838 g/mol. The van der Waals surface area contributed by atoms with Crippen molar-refractivity contribution in [2.24, 2.45) is 0 Å². The highest BCUT2D eigenvalue weighted by Gasteiger charge is 2.24. The average Bonchev–Trinajstić information content (AvgIpc) is 3.24. The van der Waals surface area contributed by atoms with Gasteiger partial charge >= 0.3 is 5.97 Å². The van der Waals surface area contributed by atoms with Crippen LogP contribution < -0.4 is 5.32 Å². The molecule has 6 heteroatoms. The molecule has 0 fully saturated rings. The Hall–Kier alpha value is -2.70. The van der Waals surface area contributed by atoms with Gasteiger partial charge in [0.25, 0.3) is 0 Å². The van der Waals surface area contributed by atoms with Gasteiger partial charge in [0.05, 0.1) is 25.2 Å². The smallest absolute Gasteiger partial charge is 0.306 e. The zero-order chi connectivity index (χ0) is 43.8. The Morgan fingerprint density at radius 2 is 0.967 bits per heavy atom. The molecule has 0 saturated carbocycles. The first-order valence-electron chi connectivity index (χ1n) is 25.2. The van der Waals surface area contributed by atoms with Crippen LogP contribution in [0.1, 0.15) is 233 Å². The van der Waals surface area contributed by atoms with Crippen LogP contribution in [0.2, 0.25) is 0 Å². The standard InChI is InChI=1S/C54H95NO5/c1-4-7-10-13-16-19-21-23-25-26-28-29-31-34-36-39-42-45-50(48-53(58)55-51(49-56)52(57)46-43-40-37-33-18-15-12-9-6-3)60-54(59)47-44-41-38-35-32-30-27-24-22-20-17-14-11-8-5-2/h8,11,14,16-17,19-20,22-23,25,28-29,50-52,56-57H,4-7,9-10,12-13,15,18,21,24,26-27,30-49H2,1-3H3,(H,55,58)/b11-8+,17-14+,19-16-,22-20+,25-23-,29-28-. The summed E-state index contributed by atoms with van der Waals surface area (Å²) in [6.45, 7) is 6.29. The predicted molar refractivity (Wildman–Crippen MR) is 259 cm³/mol. The second-order valence-corrected chi connectivity index (χ2v) is 16.9. The molecule has 0 heterocycles. The second kappa shape index (κ2) is 47.4. The lowest BCUT2D eigenvalue weighted by atomic mass is 10.0. The van der Waals surface area contributed by atoms with Crippen molar-refractivity contribution < 1.29 is 24.5 Å². The third-order valence-electron chi connectivity index (χ3n) is 11.1. The molecule has 0 radical (unpaired) electrons. The van der Waals surface area contributed by atoms with Crippen molar-refractivity contribution in [2.45, 2.75) is 251 Å². The highest BCUT2D eigenvalue weighted by Crippen LogP contribution is 2.17. The summed E-state index contributed by atoms with van der Waals surface area (Å²) in [7, 11) is 0. The third kappa shape index (κ3) is 42.0. The molecule has 0 spiro atoms. The zero-order valence-corrected chi connectivity index (χ0v) is 39.3. The maximum atomic E-state index is 13.2. The minimum absolute atomic E-state index is 0.0548. The number of carbonyl (C=O) groups is 2. The molecule has 0 rings (SSSR count). The van der Waals surface area contributed by atoms with Crippen LogP contribution in [-0.4, -0.2) is 46.9 Å². The Morgan fingerprint density at radius 1 is 0.517 bits per heavy atom. The van der Waals surface area contributed by atoms with Crippen LogP contribution in [-0.2, 0) is 14.3 Å². The van der Waals surface area contributed by atoms with Crippen molar-refractivity contribution in [3.8, 4) is 0 Å². The van der Waals surface area contributed by atoms with Crippen LogP contribution in [0.4, 0.5) is 0 Å². The predicted octanol–water partition coefficient (Wildman–Crippen LogP) is 15.0. The summed E-state index contributed by atoms with van der Waals surface area (Å²) < 4.78 is 5.92. The number of hydrogen-bond donors (Lipinski definition) is 3. The fourth-order valence-corrected chi connectivity index (χ4v) is 7.26. The van der Waals surface area contributed by atoms with Gasteiger partial charge in [-0.15, -0.1) is 0 Å². The first-order chi connectivity index (χ1) is 29.5. The molecule has 0 aliphatic heterocycles. The van der Waals surface area contributed by atoms with Gasteiger partial charge in [0.2, 0.25) is 5.91 Å². The molecule has 0 aromatic heterocycles. The lowest BCUT2D eigenvalue weighted by Gasteiger charge is -2.24. The molecule has 0 aliphatic carbocycles. The van der Waals surface area contributed by atoms with Crippen molar-refractivity contribution in [3.05, 3.63) is 72.9 Å². The normalized spacial score (nSPS) is 13.9. The third-order valence-corrected chi connectivity index (χ3v) is 11.1. The Morgan fingerprint density at radius 3 is 1.53 bits per heavy atom. The van der Waals surface area contributed by atoms with E-state index in [1.807, 2.05) is 0 Å². The number of aliphatic hydroxyl groups excluding tert-OH is 2. The molecule has 0 bridgehead atoms. The minimum Gasteiger partial charge on any atom is -0.462 e. The summed E-state index contributed by atoms with van der Waals surface area (Å²) in [5, 5.41) is 23.7. The molecule has 0 aromatic carbocycles. The molecule has 60 heavy (non-hydrogen) atoms. The minimum atomic E-state index is -0.797. The molecule has 0 aromatic rings. The quantitative estimate of drug-likeness (QED) is 0.0246. The highest BCUT2D eigenvalue weighted by atomic mass is 16.5. The van der Waals surface area contributed by atoms with E-state index in [-0.39, 0.29) is 24.9 Å². The first kappa shape index (κ1) is 57.3. The Labute approximate surface area is 371 Å². The van der Waals surface area contributed by atoms with E-state index >= 15 is 0 Å². The van der Waals surface area contributed by atoms with Crippen molar-refractivity contribution in [2.75, 3.05) is 6.61 Å². The van der Waals surface area contributed by atoms with E-state index in [2.05, 4.69) is 99.0 Å². The molecule has 346 valence electrons. The number of carbonyl (C=O) groups excluding carboxylic acids is 2. The van der Waals surface area contributed by atoms with Gasteiger partial charge in [-0.1, -0.05) is 209 Å². The number of esters is 1. The molecular weight excluding hydrogens is 743 g/mol. The number of rotatable bonds is 44. The van der Waals surface area contributed by atoms with Crippen molar-refractivity contribution in [1.29, 1.82) is 0 Å². The van der Waals surface area contributed by atoms with Gasteiger partial charge in [0.1, 0.15) is 6.10 Å². The summed E-state index contributed by atoms with van der Waals surface area (Å²) in [5.74, 6) is -0.513. The van der Waals surface area contributed by atoms with Crippen LogP contribution >= 0.6 is 0 Å². The number of ether oxygens (including phenoxy) is 1. The number of amides is 1. The molecule has 0 aliphatic rings. The summed E-state index contributed by atoms with van der Waals surface area (Å²) >= 11 is 0. The molecule has 3 N–H and O–H groups in total. The van der Waals surface area contributed by atoms with Gasteiger partial charge in [-0.3, -0.25) is 9.59 Å². The Bertz CT molecular complexity index is 1120. The largest absolute Gasteiger partial charge is 0.462 e. The number of aliphatic hydroxyl groups is 2. The Balaban J connectivity index is 4.66. The van der Waals surface area contributed by atoms with Crippen LogP contribution in [0.5, 0.6) is 0 Å². The van der Waals surface area contributed by atoms with Gasteiger partial charge in [0, 0.05) is 6.42 Å². The lowest BCUT2D eigenvalue weighted by Crippen LogP contribution is -2.46. The summed E-state index contributed by atoms with van der Waals surface area (Å²) in [5.41, 5.74) is 0. The van der Waals surface area contributed by atoms with Crippen molar-refractivity contribution >= 4 is 11.9 Å². The first-order valence-corrected chi connectivity index (χ1v) is 25.2. The van der Waals surface area contributed by atoms with E-state index in [4.69, 9.17) is 4.74 Å². The van der Waals surface area contributed by atoms with Gasteiger partial charge in [-0.25, -0.2) is 0 Å². The van der Waals surface area contributed by atoms with E-state index in [0.717, 1.165) is 96.3 Å². The average molecular weight is 838 g/mol. The molecule has 1 amide bonds. The van der Waals surface area contributed by atoms with Gasteiger partial charge < -0.3 is 20.3 Å². The van der Waals surface area contributed by atoms with Crippen LogP contribution in [0.25, 0.3) is 0 Å². The number of nitrogens with one attached hydrogen (secondary N) is 1. The topological polar surface area (TPSA) is 95.9 Å². The maximum absolute atomic E-state index is 13.2. The van der Waals surface area contributed by atoms with Crippen molar-refractivity contribution in [3.63, 3.8) is 0 Å². The summed E-state index contributed by atoms with van der Waals surface area (Å²) in [6, 6.07) is -0.713. The van der Waals surface area contributed by atoms with E-state index in [9.17, 15) is 19.8 Å². The summed E-state index contributed by atoms with van der Waals surface area (Å²) in [4.78, 5) is 26.1. The van der Waals surface area contributed by atoms with Gasteiger partial charge in [0.15, 0.2) is 0 Å². The van der Waals surface area contributed by atoms with E-state index < -0.39 is 18.2 Å². The van der Waals surface area contributed by atoms with E-state index in [1.54, 1.807) is 0 Å². The fraction of sp³-hybridized carbons (Fsp3) is 0.741. The van der Waals surface area contributed by atoms with Crippen molar-refractivity contribution in [1.82, 2.24) is 5.32 Å². The molecule has 6 nitrogen and oxygen atoms in total. The van der Waals surface area contributed by atoms with E-state index in [1.165, 1.54) is 89.9 Å². The maximum Gasteiger partial charge on any atom is 0.306 e. The van der Waals surface area contributed by atoms with Crippen LogP contribution in [0, 0.1) is 0 Å². The lowest BCUT2D eigenvalue weighted by molar-refractivity contribution is -0.151. The van der Waals surface area contributed by atoms with Gasteiger partial charge in [-0.2, -0.15) is 0 Å². The second-order valence-electron chi connectivity index (χ2n) is 16.9. The Kier molecular flexibility index (Phi) is 45.2. The SMILES string of the molecule is CC/C=C/C=C/C=C/CCCCCCCCCC(=O)OC(CCCCCC/C=C\C/C=C\C/C=C\CCCCC)CC(=O)NC(CO)C(O)CCCCCCCCCCC. The molecule has 3 atom stereocenters. The summed E-state index contributed by atoms with van der Waals surface area (Å²) in [6.07, 6.45) is 59.6. The van der Waals surface area contributed by atoms with E-state index in [0.29, 0.717) is 19.3 Å². The van der Waals surface area contributed by atoms with Gasteiger partial charge in [-0.05, 0) is 83.5 Å². The highest BCUT2D eigenvalue weighted by molar-refractivity contribution is 5.77. The number of unbranched alkanes of at least 4 members (excludes halogenated alkanes) is 22. The zero-order valence-electron chi connectivity index (χ0n) is 39.3. The fourth-order valence-electron chi connectivity index (χ4n) is 7.26. The number of allylic oxidation sites excluding steroid dienone is 12. The molecule has 0 saturated heterocycles. The number of hydrogen-bond acceptors (Lipinski definition) is 5. The molecule has 3 unspecified atom stereocenters. The molecular formula is C54H95NO5. The van der Waals surface area contributed by atoms with Crippen LogP contribution in [0.3, 0.4) is 0 Å².